The van der Waals surface area contributed by atoms with Gasteiger partial charge in [0.05, 0.1) is 12.9 Å². The van der Waals surface area contributed by atoms with Gasteiger partial charge >= 0.3 is 0 Å². The molecule has 1 atom stereocenters. The normalized spacial score (nSPS) is 15.7. The van der Waals surface area contributed by atoms with Gasteiger partial charge in [-0.05, 0) is 37.5 Å². The molecular formula is C16H20N4O. The third-order valence-corrected chi connectivity index (χ3v) is 3.71. The standard InChI is InChI=1S/C16H20N4O/c1-12(18-10-16(21)19-14-4-5-14)13-2-6-15(7-3-13)20-9-8-17-11-20/h2-3,6-9,11-12,14,18H,4-5,10H2,1H3,(H,19,21)/t12-/m0/s1. The zero-order valence-corrected chi connectivity index (χ0v) is 12.1. The minimum absolute atomic E-state index is 0.0828. The van der Waals surface area contributed by atoms with Crippen LogP contribution < -0.4 is 10.6 Å². The summed E-state index contributed by atoms with van der Waals surface area (Å²) in [4.78, 5) is 15.7. The van der Waals surface area contributed by atoms with Gasteiger partial charge in [-0.15, -0.1) is 0 Å². The maximum absolute atomic E-state index is 11.7. The Morgan fingerprint density at radius 1 is 1.38 bits per heavy atom. The lowest BCUT2D eigenvalue weighted by Gasteiger charge is -2.14. The maximum atomic E-state index is 11.7. The van der Waals surface area contributed by atoms with Gasteiger partial charge in [-0.3, -0.25) is 4.79 Å². The van der Waals surface area contributed by atoms with Crippen molar-refractivity contribution in [3.8, 4) is 5.69 Å². The summed E-state index contributed by atoms with van der Waals surface area (Å²) in [6.07, 6.45) is 7.70. The summed E-state index contributed by atoms with van der Waals surface area (Å²) in [5.74, 6) is 0.0828. The highest BCUT2D eigenvalue weighted by atomic mass is 16.2. The molecular weight excluding hydrogens is 264 g/mol. The van der Waals surface area contributed by atoms with Crippen LogP contribution in [0.15, 0.2) is 43.0 Å². The predicted octanol–water partition coefficient (Wildman–Crippen LogP) is 1.80. The minimum atomic E-state index is 0.0828. The van der Waals surface area contributed by atoms with Crippen molar-refractivity contribution in [1.82, 2.24) is 20.2 Å². The van der Waals surface area contributed by atoms with E-state index in [1.54, 1.807) is 12.5 Å². The van der Waals surface area contributed by atoms with Gasteiger partial charge in [0.2, 0.25) is 5.91 Å². The molecule has 1 heterocycles. The molecule has 1 saturated carbocycles. The van der Waals surface area contributed by atoms with E-state index in [1.807, 2.05) is 10.8 Å². The molecule has 1 aromatic carbocycles. The lowest BCUT2D eigenvalue weighted by atomic mass is 10.1. The molecule has 2 aromatic rings. The Labute approximate surface area is 124 Å². The number of benzene rings is 1. The first-order chi connectivity index (χ1) is 10.2. The molecule has 1 amide bonds. The molecule has 1 aromatic heterocycles. The lowest BCUT2D eigenvalue weighted by molar-refractivity contribution is -0.120. The number of amides is 1. The predicted molar refractivity (Wildman–Crippen MR) is 81.1 cm³/mol. The first kappa shape index (κ1) is 13.8. The van der Waals surface area contributed by atoms with Crippen molar-refractivity contribution in [3.05, 3.63) is 48.5 Å². The van der Waals surface area contributed by atoms with E-state index in [0.29, 0.717) is 12.6 Å². The van der Waals surface area contributed by atoms with Gasteiger partial charge in [0.1, 0.15) is 0 Å². The average Bonchev–Trinajstić information content (AvgIpc) is 3.15. The first-order valence-corrected chi connectivity index (χ1v) is 7.33. The van der Waals surface area contributed by atoms with Gasteiger partial charge in [-0.1, -0.05) is 12.1 Å². The number of nitrogens with zero attached hydrogens (tertiary/aromatic N) is 2. The molecule has 110 valence electrons. The van der Waals surface area contributed by atoms with E-state index < -0.39 is 0 Å². The van der Waals surface area contributed by atoms with Gasteiger partial charge < -0.3 is 15.2 Å². The molecule has 5 heteroatoms. The Kier molecular flexibility index (Phi) is 4.01. The number of hydrogen-bond donors (Lipinski definition) is 2. The van der Waals surface area contributed by atoms with Crippen LogP contribution in [0.5, 0.6) is 0 Å². The SMILES string of the molecule is C[C@H](NCC(=O)NC1CC1)c1ccc(-n2ccnc2)cc1. The van der Waals surface area contributed by atoms with Crippen LogP contribution in [0.4, 0.5) is 0 Å². The van der Waals surface area contributed by atoms with Crippen LogP contribution in [0.25, 0.3) is 5.69 Å². The number of carbonyl (C=O) groups excluding carboxylic acids is 1. The van der Waals surface area contributed by atoms with Crippen LogP contribution in [0.3, 0.4) is 0 Å². The van der Waals surface area contributed by atoms with Crippen LogP contribution in [0.1, 0.15) is 31.4 Å². The highest BCUT2D eigenvalue weighted by Crippen LogP contribution is 2.18. The van der Waals surface area contributed by atoms with Crippen molar-refractivity contribution >= 4 is 5.91 Å². The maximum Gasteiger partial charge on any atom is 0.234 e. The van der Waals surface area contributed by atoms with E-state index in [1.165, 1.54) is 0 Å². The van der Waals surface area contributed by atoms with Gasteiger partial charge in [0.15, 0.2) is 0 Å². The fourth-order valence-electron chi connectivity index (χ4n) is 2.22. The number of carbonyl (C=O) groups is 1. The van der Waals surface area contributed by atoms with Gasteiger partial charge in [0.25, 0.3) is 0 Å². The van der Waals surface area contributed by atoms with Crippen LogP contribution in [0.2, 0.25) is 0 Å². The van der Waals surface area contributed by atoms with Crippen molar-refractivity contribution in [1.29, 1.82) is 0 Å². The zero-order valence-electron chi connectivity index (χ0n) is 12.1. The lowest BCUT2D eigenvalue weighted by Crippen LogP contribution is -2.36. The number of imidazole rings is 1. The third-order valence-electron chi connectivity index (χ3n) is 3.71. The van der Waals surface area contributed by atoms with Crippen LogP contribution >= 0.6 is 0 Å². The largest absolute Gasteiger partial charge is 0.352 e. The van der Waals surface area contributed by atoms with E-state index in [-0.39, 0.29) is 11.9 Å². The third kappa shape index (κ3) is 3.70. The molecule has 1 fully saturated rings. The molecule has 0 aliphatic heterocycles. The fraction of sp³-hybridized carbons (Fsp3) is 0.375. The van der Waals surface area contributed by atoms with Crippen molar-refractivity contribution in [2.45, 2.75) is 31.8 Å². The van der Waals surface area contributed by atoms with E-state index in [9.17, 15) is 4.79 Å². The number of aromatic nitrogens is 2. The van der Waals surface area contributed by atoms with Crippen molar-refractivity contribution in [2.24, 2.45) is 0 Å². The molecule has 0 bridgehead atoms. The topological polar surface area (TPSA) is 59.0 Å². The van der Waals surface area contributed by atoms with Crippen molar-refractivity contribution < 1.29 is 4.79 Å². The average molecular weight is 284 g/mol. The van der Waals surface area contributed by atoms with Gasteiger partial charge in [-0.2, -0.15) is 0 Å². The quantitative estimate of drug-likeness (QED) is 0.850. The Morgan fingerprint density at radius 3 is 2.76 bits per heavy atom. The molecule has 0 radical (unpaired) electrons. The summed E-state index contributed by atoms with van der Waals surface area (Å²) in [7, 11) is 0. The molecule has 0 spiro atoms. The van der Waals surface area contributed by atoms with Crippen molar-refractivity contribution in [3.63, 3.8) is 0 Å². The van der Waals surface area contributed by atoms with E-state index in [2.05, 4.69) is 46.8 Å². The van der Waals surface area contributed by atoms with Crippen LogP contribution in [-0.2, 0) is 4.79 Å². The minimum Gasteiger partial charge on any atom is -0.352 e. The Morgan fingerprint density at radius 2 is 2.14 bits per heavy atom. The van der Waals surface area contributed by atoms with Gasteiger partial charge in [0, 0.05) is 30.2 Å². The summed E-state index contributed by atoms with van der Waals surface area (Å²) in [5, 5.41) is 6.23. The summed E-state index contributed by atoms with van der Waals surface area (Å²) in [6, 6.07) is 8.83. The number of hydrogen-bond acceptors (Lipinski definition) is 3. The second kappa shape index (κ2) is 6.10. The van der Waals surface area contributed by atoms with Crippen molar-refractivity contribution in [2.75, 3.05) is 6.54 Å². The molecule has 3 rings (SSSR count). The van der Waals surface area contributed by atoms with E-state index >= 15 is 0 Å². The monoisotopic (exact) mass is 284 g/mol. The fourth-order valence-corrected chi connectivity index (χ4v) is 2.22. The first-order valence-electron chi connectivity index (χ1n) is 7.33. The summed E-state index contributed by atoms with van der Waals surface area (Å²) >= 11 is 0. The molecule has 21 heavy (non-hydrogen) atoms. The summed E-state index contributed by atoms with van der Waals surface area (Å²) < 4.78 is 1.96. The Hall–Kier alpha value is -2.14. The number of rotatable bonds is 6. The Balaban J connectivity index is 1.54. The molecule has 0 unspecified atom stereocenters. The molecule has 2 N–H and O–H groups in total. The summed E-state index contributed by atoms with van der Waals surface area (Å²) in [6.45, 7) is 2.43. The molecule has 1 aliphatic rings. The second-order valence-electron chi connectivity index (χ2n) is 5.51. The van der Waals surface area contributed by atoms with E-state index in [0.717, 1.165) is 24.1 Å². The molecule has 5 nitrogen and oxygen atoms in total. The highest BCUT2D eigenvalue weighted by Gasteiger charge is 2.23. The van der Waals surface area contributed by atoms with Gasteiger partial charge in [-0.25, -0.2) is 4.98 Å². The summed E-state index contributed by atoms with van der Waals surface area (Å²) in [5.41, 5.74) is 2.24. The Bertz CT molecular complexity index is 587. The molecule has 0 saturated heterocycles. The second-order valence-corrected chi connectivity index (χ2v) is 5.51. The highest BCUT2D eigenvalue weighted by molar-refractivity contribution is 5.78. The van der Waals surface area contributed by atoms with Crippen LogP contribution in [0, 0.1) is 0 Å². The molecule has 1 aliphatic carbocycles. The number of nitrogens with one attached hydrogen (secondary N) is 2. The zero-order chi connectivity index (χ0) is 14.7. The smallest absolute Gasteiger partial charge is 0.234 e. The van der Waals surface area contributed by atoms with Crippen LogP contribution in [-0.4, -0.2) is 28.0 Å². The van der Waals surface area contributed by atoms with E-state index in [4.69, 9.17) is 0 Å².